The summed E-state index contributed by atoms with van der Waals surface area (Å²) in [6.45, 7) is 3.43. The van der Waals surface area contributed by atoms with Crippen LogP contribution in [0.5, 0.6) is 5.75 Å². The van der Waals surface area contributed by atoms with Crippen LogP contribution in [0.15, 0.2) is 40.9 Å². The quantitative estimate of drug-likeness (QED) is 0.418. The first kappa shape index (κ1) is 19.8. The van der Waals surface area contributed by atoms with Crippen LogP contribution in [0.3, 0.4) is 0 Å². The molecule has 0 spiro atoms. The van der Waals surface area contributed by atoms with Gasteiger partial charge in [0.2, 0.25) is 0 Å². The number of nitro benzene ring substituents is 1. The number of thiocarbonyl (C=S) groups is 1. The zero-order valence-corrected chi connectivity index (χ0v) is 16.4. The number of anilines is 1. The predicted octanol–water partition coefficient (Wildman–Crippen LogP) is 3.87. The molecule has 0 unspecified atom stereocenters. The summed E-state index contributed by atoms with van der Waals surface area (Å²) in [5.41, 5.74) is 2.03. The molecule has 26 heavy (non-hydrogen) atoms. The van der Waals surface area contributed by atoms with Gasteiger partial charge in [-0.05, 0) is 55.4 Å². The molecule has 0 aromatic heterocycles. The molecule has 2 aromatic carbocycles. The highest BCUT2D eigenvalue weighted by Crippen LogP contribution is 2.23. The van der Waals surface area contributed by atoms with E-state index < -0.39 is 10.8 Å². The van der Waals surface area contributed by atoms with Gasteiger partial charge in [0.1, 0.15) is 5.75 Å². The van der Waals surface area contributed by atoms with E-state index in [1.54, 1.807) is 19.1 Å². The summed E-state index contributed by atoms with van der Waals surface area (Å²) in [6.07, 6.45) is 0. The number of hydrogen-bond acceptors (Lipinski definition) is 5. The van der Waals surface area contributed by atoms with Crippen molar-refractivity contribution in [2.75, 3.05) is 11.9 Å². The molecule has 2 N–H and O–H groups in total. The normalized spacial score (nSPS) is 10.1. The van der Waals surface area contributed by atoms with Crippen LogP contribution < -0.4 is 15.4 Å². The highest BCUT2D eigenvalue weighted by molar-refractivity contribution is 9.10. The number of carbonyl (C=O) groups excluding carboxylic acids is 1. The lowest BCUT2D eigenvalue weighted by molar-refractivity contribution is -0.384. The third-order valence-electron chi connectivity index (χ3n) is 3.43. The Morgan fingerprint density at radius 3 is 2.62 bits per heavy atom. The van der Waals surface area contributed by atoms with Gasteiger partial charge in [-0.1, -0.05) is 22.0 Å². The van der Waals surface area contributed by atoms with Crippen molar-refractivity contribution in [1.29, 1.82) is 0 Å². The molecule has 0 aliphatic rings. The highest BCUT2D eigenvalue weighted by atomic mass is 79.9. The number of rotatable bonds is 5. The van der Waals surface area contributed by atoms with Crippen LogP contribution in [0.2, 0.25) is 0 Å². The number of benzene rings is 2. The number of aryl methyl sites for hydroxylation is 2. The first-order valence-corrected chi connectivity index (χ1v) is 8.71. The molecular formula is C17H16BrN3O4S. The largest absolute Gasteiger partial charge is 0.483 e. The number of nitro groups is 1. The summed E-state index contributed by atoms with van der Waals surface area (Å²) in [4.78, 5) is 22.3. The minimum absolute atomic E-state index is 0.0368. The molecule has 136 valence electrons. The molecular weight excluding hydrogens is 422 g/mol. The second-order valence-electron chi connectivity index (χ2n) is 5.46. The van der Waals surface area contributed by atoms with Crippen molar-refractivity contribution >= 4 is 50.5 Å². The molecule has 2 aromatic rings. The van der Waals surface area contributed by atoms with Crippen molar-refractivity contribution < 1.29 is 14.5 Å². The van der Waals surface area contributed by atoms with E-state index in [1.807, 2.05) is 19.1 Å². The molecule has 0 bridgehead atoms. The van der Waals surface area contributed by atoms with Gasteiger partial charge in [0.05, 0.1) is 4.92 Å². The van der Waals surface area contributed by atoms with Crippen molar-refractivity contribution in [3.05, 3.63) is 62.1 Å². The summed E-state index contributed by atoms with van der Waals surface area (Å²) in [5, 5.41) is 16.2. The van der Waals surface area contributed by atoms with E-state index in [0.29, 0.717) is 11.4 Å². The van der Waals surface area contributed by atoms with Gasteiger partial charge in [-0.15, -0.1) is 0 Å². The first-order valence-electron chi connectivity index (χ1n) is 7.51. The molecule has 7 nitrogen and oxygen atoms in total. The van der Waals surface area contributed by atoms with Crippen molar-refractivity contribution in [3.63, 3.8) is 0 Å². The Labute approximate surface area is 164 Å². The monoisotopic (exact) mass is 437 g/mol. The average Bonchev–Trinajstić information content (AvgIpc) is 2.55. The number of ether oxygens (including phenoxy) is 1. The molecule has 0 aliphatic carbocycles. The van der Waals surface area contributed by atoms with Gasteiger partial charge in [0.15, 0.2) is 11.7 Å². The predicted molar refractivity (Wildman–Crippen MR) is 107 cm³/mol. The molecule has 2 rings (SSSR count). The van der Waals surface area contributed by atoms with Gasteiger partial charge in [0.25, 0.3) is 11.6 Å². The average molecular weight is 438 g/mol. The van der Waals surface area contributed by atoms with Crippen LogP contribution >= 0.6 is 28.1 Å². The Kier molecular flexibility index (Phi) is 6.64. The SMILES string of the molecule is Cc1ccc([N+](=O)[O-])cc1NC(=S)NC(=O)COc1ccc(Br)cc1C. The lowest BCUT2D eigenvalue weighted by Gasteiger charge is -2.13. The van der Waals surface area contributed by atoms with Crippen LogP contribution in [0, 0.1) is 24.0 Å². The maximum absolute atomic E-state index is 12.0. The van der Waals surface area contributed by atoms with Crippen LogP contribution in [0.4, 0.5) is 11.4 Å². The van der Waals surface area contributed by atoms with E-state index in [0.717, 1.165) is 15.6 Å². The number of non-ortho nitro benzene ring substituents is 1. The minimum Gasteiger partial charge on any atom is -0.483 e. The van der Waals surface area contributed by atoms with Crippen LogP contribution in [-0.4, -0.2) is 22.5 Å². The van der Waals surface area contributed by atoms with Gasteiger partial charge in [-0.3, -0.25) is 20.2 Å². The molecule has 0 atom stereocenters. The number of nitrogens with one attached hydrogen (secondary N) is 2. The Morgan fingerprint density at radius 2 is 1.96 bits per heavy atom. The van der Waals surface area contributed by atoms with Crippen LogP contribution in [0.25, 0.3) is 0 Å². The number of amides is 1. The Balaban J connectivity index is 1.92. The fourth-order valence-electron chi connectivity index (χ4n) is 2.09. The standard InChI is InChI=1S/C17H16BrN3O4S/c1-10-3-5-13(21(23)24)8-14(10)19-17(26)20-16(22)9-25-15-6-4-12(18)7-11(15)2/h3-8H,9H2,1-2H3,(H2,19,20,22,26). The van der Waals surface area contributed by atoms with E-state index in [2.05, 4.69) is 26.6 Å². The fraction of sp³-hybridized carbons (Fsp3) is 0.176. The Bertz CT molecular complexity index is 873. The maximum Gasteiger partial charge on any atom is 0.271 e. The molecule has 9 heteroatoms. The lowest BCUT2D eigenvalue weighted by atomic mass is 10.2. The molecule has 0 aliphatic heterocycles. The van der Waals surface area contributed by atoms with Crippen molar-refractivity contribution in [2.45, 2.75) is 13.8 Å². The number of nitrogens with zero attached hydrogens (tertiary/aromatic N) is 1. The highest BCUT2D eigenvalue weighted by Gasteiger charge is 2.12. The van der Waals surface area contributed by atoms with Crippen LogP contribution in [-0.2, 0) is 4.79 Å². The second-order valence-corrected chi connectivity index (χ2v) is 6.78. The topological polar surface area (TPSA) is 93.5 Å². The Morgan fingerprint density at radius 1 is 1.23 bits per heavy atom. The van der Waals surface area contributed by atoms with E-state index in [4.69, 9.17) is 17.0 Å². The zero-order chi connectivity index (χ0) is 19.3. The second kappa shape index (κ2) is 8.72. The van der Waals surface area contributed by atoms with E-state index >= 15 is 0 Å². The number of hydrogen-bond donors (Lipinski definition) is 2. The Hall–Kier alpha value is -2.52. The van der Waals surface area contributed by atoms with Gasteiger partial charge in [0, 0.05) is 22.3 Å². The van der Waals surface area contributed by atoms with Crippen molar-refractivity contribution in [1.82, 2.24) is 5.32 Å². The summed E-state index contributed by atoms with van der Waals surface area (Å²) < 4.78 is 6.39. The van der Waals surface area contributed by atoms with E-state index in [9.17, 15) is 14.9 Å². The zero-order valence-electron chi connectivity index (χ0n) is 14.0. The van der Waals surface area contributed by atoms with E-state index in [-0.39, 0.29) is 17.4 Å². The third kappa shape index (κ3) is 5.50. The van der Waals surface area contributed by atoms with Crippen LogP contribution in [0.1, 0.15) is 11.1 Å². The third-order valence-corrected chi connectivity index (χ3v) is 4.13. The summed E-state index contributed by atoms with van der Waals surface area (Å²) in [7, 11) is 0. The molecule has 1 amide bonds. The smallest absolute Gasteiger partial charge is 0.271 e. The van der Waals surface area contributed by atoms with Gasteiger partial charge in [-0.25, -0.2) is 0 Å². The van der Waals surface area contributed by atoms with Crippen molar-refractivity contribution in [3.8, 4) is 5.75 Å². The maximum atomic E-state index is 12.0. The van der Waals surface area contributed by atoms with Gasteiger partial charge < -0.3 is 10.1 Å². The first-order chi connectivity index (χ1) is 12.3. The lowest BCUT2D eigenvalue weighted by Crippen LogP contribution is -2.37. The summed E-state index contributed by atoms with van der Waals surface area (Å²) in [6, 6.07) is 9.81. The molecule has 0 heterocycles. The minimum atomic E-state index is -0.499. The fourth-order valence-corrected chi connectivity index (χ4v) is 2.79. The van der Waals surface area contributed by atoms with Gasteiger partial charge >= 0.3 is 0 Å². The molecule has 0 radical (unpaired) electrons. The van der Waals surface area contributed by atoms with Gasteiger partial charge in [-0.2, -0.15) is 0 Å². The molecule has 0 fully saturated rings. The molecule has 0 saturated carbocycles. The summed E-state index contributed by atoms with van der Waals surface area (Å²) in [5.74, 6) is 0.157. The number of carbonyl (C=O) groups is 1. The van der Waals surface area contributed by atoms with Crippen molar-refractivity contribution in [2.24, 2.45) is 0 Å². The molecule has 0 saturated heterocycles. The number of halogens is 1. The summed E-state index contributed by atoms with van der Waals surface area (Å²) >= 11 is 8.44. The van der Waals surface area contributed by atoms with E-state index in [1.165, 1.54) is 12.1 Å².